The molecular weight excluding hydrogens is 326 g/mol. The summed E-state index contributed by atoms with van der Waals surface area (Å²) in [5.74, 6) is 0.293. The Morgan fingerprint density at radius 2 is 2.15 bits per heavy atom. The Balaban J connectivity index is 2.09. The number of nitrogens with zero attached hydrogens (tertiary/aromatic N) is 1. The zero-order valence-corrected chi connectivity index (χ0v) is 12.3. The number of carboxylic acids is 1. The number of carboxylic acid groups (broad SMARTS) is 1. The third-order valence-corrected chi connectivity index (χ3v) is 3.16. The number of rotatable bonds is 5. The number of hydrogen-bond donors (Lipinski definition) is 1. The van der Waals surface area contributed by atoms with Gasteiger partial charge in [-0.25, -0.2) is 9.78 Å². The standard InChI is InChI=1S/C14H12BrNO4/c1-19-10-5-6-13(11(15)7-10)20-8-9-3-2-4-12(16-9)14(17)18/h2-7H,8H2,1H3,(H,17,18). The van der Waals surface area contributed by atoms with Crippen LogP contribution < -0.4 is 9.47 Å². The van der Waals surface area contributed by atoms with Crippen LogP contribution in [0.15, 0.2) is 40.9 Å². The SMILES string of the molecule is COc1ccc(OCc2cccc(C(=O)O)n2)c(Br)c1. The van der Waals surface area contributed by atoms with Gasteiger partial charge in [-0.15, -0.1) is 0 Å². The monoisotopic (exact) mass is 337 g/mol. The van der Waals surface area contributed by atoms with Crippen LogP contribution in [0.2, 0.25) is 0 Å². The average molecular weight is 338 g/mol. The van der Waals surface area contributed by atoms with Gasteiger partial charge in [0.15, 0.2) is 0 Å². The van der Waals surface area contributed by atoms with Crippen molar-refractivity contribution in [2.24, 2.45) is 0 Å². The van der Waals surface area contributed by atoms with Crippen molar-refractivity contribution in [3.63, 3.8) is 0 Å². The highest BCUT2D eigenvalue weighted by Crippen LogP contribution is 2.29. The van der Waals surface area contributed by atoms with E-state index in [1.54, 1.807) is 37.4 Å². The van der Waals surface area contributed by atoms with Crippen molar-refractivity contribution in [1.29, 1.82) is 0 Å². The molecule has 0 amide bonds. The lowest BCUT2D eigenvalue weighted by Gasteiger charge is -2.09. The average Bonchev–Trinajstić information content (AvgIpc) is 2.46. The maximum absolute atomic E-state index is 10.8. The molecule has 1 aromatic carbocycles. The van der Waals surface area contributed by atoms with E-state index in [0.717, 1.165) is 10.2 Å². The van der Waals surface area contributed by atoms with Crippen LogP contribution in [0.4, 0.5) is 0 Å². The van der Waals surface area contributed by atoms with Crippen molar-refractivity contribution < 1.29 is 19.4 Å². The first-order valence-corrected chi connectivity index (χ1v) is 6.55. The summed E-state index contributed by atoms with van der Waals surface area (Å²) in [4.78, 5) is 14.8. The maximum atomic E-state index is 10.8. The lowest BCUT2D eigenvalue weighted by atomic mass is 10.3. The Kier molecular flexibility index (Phi) is 4.57. The summed E-state index contributed by atoms with van der Waals surface area (Å²) < 4.78 is 11.4. The van der Waals surface area contributed by atoms with E-state index >= 15 is 0 Å². The fourth-order valence-electron chi connectivity index (χ4n) is 1.56. The molecule has 0 unspecified atom stereocenters. The molecule has 0 saturated carbocycles. The molecule has 1 heterocycles. The van der Waals surface area contributed by atoms with E-state index < -0.39 is 5.97 Å². The molecule has 1 N–H and O–H groups in total. The van der Waals surface area contributed by atoms with Crippen molar-refractivity contribution in [3.8, 4) is 11.5 Å². The summed E-state index contributed by atoms with van der Waals surface area (Å²) in [5, 5.41) is 8.87. The van der Waals surface area contributed by atoms with Gasteiger partial charge in [0.1, 0.15) is 23.8 Å². The topological polar surface area (TPSA) is 68.7 Å². The maximum Gasteiger partial charge on any atom is 0.354 e. The van der Waals surface area contributed by atoms with Gasteiger partial charge in [0, 0.05) is 0 Å². The van der Waals surface area contributed by atoms with E-state index in [0.29, 0.717) is 11.4 Å². The van der Waals surface area contributed by atoms with Crippen LogP contribution in [0.5, 0.6) is 11.5 Å². The van der Waals surface area contributed by atoms with Crippen molar-refractivity contribution >= 4 is 21.9 Å². The minimum atomic E-state index is -1.06. The number of pyridine rings is 1. The molecule has 0 aliphatic rings. The molecule has 6 heteroatoms. The van der Waals surface area contributed by atoms with Crippen molar-refractivity contribution in [1.82, 2.24) is 4.98 Å². The molecular formula is C14H12BrNO4. The molecule has 0 spiro atoms. The van der Waals surface area contributed by atoms with E-state index in [4.69, 9.17) is 14.6 Å². The molecule has 20 heavy (non-hydrogen) atoms. The van der Waals surface area contributed by atoms with Gasteiger partial charge >= 0.3 is 5.97 Å². The molecule has 2 aromatic rings. The fourth-order valence-corrected chi connectivity index (χ4v) is 2.03. The Labute approximate surface area is 124 Å². The van der Waals surface area contributed by atoms with Gasteiger partial charge in [0.05, 0.1) is 17.3 Å². The first-order chi connectivity index (χ1) is 9.60. The second-order valence-corrected chi connectivity index (χ2v) is 4.76. The Morgan fingerprint density at radius 1 is 1.35 bits per heavy atom. The number of ether oxygens (including phenoxy) is 2. The lowest BCUT2D eigenvalue weighted by Crippen LogP contribution is -2.05. The number of methoxy groups -OCH3 is 1. The molecule has 2 rings (SSSR count). The first kappa shape index (κ1) is 14.3. The predicted molar refractivity (Wildman–Crippen MR) is 76.2 cm³/mol. The van der Waals surface area contributed by atoms with E-state index in [1.165, 1.54) is 6.07 Å². The molecule has 0 fully saturated rings. The van der Waals surface area contributed by atoms with Crippen LogP contribution in [0.3, 0.4) is 0 Å². The van der Waals surface area contributed by atoms with Gasteiger partial charge in [-0.1, -0.05) is 6.07 Å². The van der Waals surface area contributed by atoms with Gasteiger partial charge < -0.3 is 14.6 Å². The highest BCUT2D eigenvalue weighted by molar-refractivity contribution is 9.10. The molecule has 104 valence electrons. The molecule has 5 nitrogen and oxygen atoms in total. The largest absolute Gasteiger partial charge is 0.497 e. The highest BCUT2D eigenvalue weighted by atomic mass is 79.9. The third-order valence-electron chi connectivity index (χ3n) is 2.54. The van der Waals surface area contributed by atoms with Gasteiger partial charge in [-0.3, -0.25) is 0 Å². The van der Waals surface area contributed by atoms with Crippen LogP contribution in [0.1, 0.15) is 16.2 Å². The van der Waals surface area contributed by atoms with Crippen LogP contribution >= 0.6 is 15.9 Å². The van der Waals surface area contributed by atoms with Crippen LogP contribution in [0.25, 0.3) is 0 Å². The van der Waals surface area contributed by atoms with Crippen molar-refractivity contribution in [2.75, 3.05) is 7.11 Å². The normalized spacial score (nSPS) is 10.1. The quantitative estimate of drug-likeness (QED) is 0.907. The molecule has 0 saturated heterocycles. The lowest BCUT2D eigenvalue weighted by molar-refractivity contribution is 0.0690. The predicted octanol–water partition coefficient (Wildman–Crippen LogP) is 3.13. The fraction of sp³-hybridized carbons (Fsp3) is 0.143. The van der Waals surface area contributed by atoms with Crippen LogP contribution in [-0.2, 0) is 6.61 Å². The summed E-state index contributed by atoms with van der Waals surface area (Å²) in [6.45, 7) is 0.187. The second-order valence-electron chi connectivity index (χ2n) is 3.90. The minimum absolute atomic E-state index is 0.0000957. The van der Waals surface area contributed by atoms with E-state index in [-0.39, 0.29) is 12.3 Å². The van der Waals surface area contributed by atoms with E-state index in [1.807, 2.05) is 0 Å². The third kappa shape index (κ3) is 3.48. The van der Waals surface area contributed by atoms with Gasteiger partial charge in [0.2, 0.25) is 0 Å². The van der Waals surface area contributed by atoms with E-state index in [2.05, 4.69) is 20.9 Å². The number of carbonyl (C=O) groups is 1. The Morgan fingerprint density at radius 3 is 2.80 bits per heavy atom. The molecule has 0 bridgehead atoms. The number of benzene rings is 1. The van der Waals surface area contributed by atoms with E-state index in [9.17, 15) is 4.79 Å². The summed E-state index contributed by atoms with van der Waals surface area (Å²) in [7, 11) is 1.59. The number of aromatic carboxylic acids is 1. The molecule has 0 radical (unpaired) electrons. The Hall–Kier alpha value is -2.08. The molecule has 0 aliphatic heterocycles. The minimum Gasteiger partial charge on any atom is -0.497 e. The molecule has 0 aliphatic carbocycles. The highest BCUT2D eigenvalue weighted by Gasteiger charge is 2.07. The smallest absolute Gasteiger partial charge is 0.354 e. The van der Waals surface area contributed by atoms with Gasteiger partial charge in [-0.2, -0.15) is 0 Å². The second kappa shape index (κ2) is 6.38. The van der Waals surface area contributed by atoms with Gasteiger partial charge in [0.25, 0.3) is 0 Å². The van der Waals surface area contributed by atoms with Crippen molar-refractivity contribution in [3.05, 3.63) is 52.3 Å². The summed E-state index contributed by atoms with van der Waals surface area (Å²) >= 11 is 3.38. The molecule has 1 aromatic heterocycles. The number of aromatic nitrogens is 1. The summed E-state index contributed by atoms with van der Waals surface area (Å²) in [5.41, 5.74) is 0.549. The van der Waals surface area contributed by atoms with Gasteiger partial charge in [-0.05, 0) is 46.3 Å². The zero-order valence-electron chi connectivity index (χ0n) is 10.7. The molecule has 0 atom stereocenters. The zero-order chi connectivity index (χ0) is 14.5. The first-order valence-electron chi connectivity index (χ1n) is 5.75. The Bertz CT molecular complexity index is 630. The van der Waals surface area contributed by atoms with Crippen molar-refractivity contribution in [2.45, 2.75) is 6.61 Å². The summed E-state index contributed by atoms with van der Waals surface area (Å²) in [6, 6.07) is 10.1. The summed E-state index contributed by atoms with van der Waals surface area (Å²) in [6.07, 6.45) is 0. The number of halogens is 1. The number of hydrogen-bond acceptors (Lipinski definition) is 4. The van der Waals surface area contributed by atoms with Crippen LogP contribution in [-0.4, -0.2) is 23.2 Å². The van der Waals surface area contributed by atoms with Crippen LogP contribution in [0, 0.1) is 0 Å².